The van der Waals surface area contributed by atoms with Gasteiger partial charge in [-0.2, -0.15) is 0 Å². The monoisotopic (exact) mass is 272 g/mol. The highest BCUT2D eigenvalue weighted by atomic mass is 15.2. The number of nitrogens with one attached hydrogen (secondary N) is 1. The molecular weight excluding hydrogens is 244 g/mol. The minimum atomic E-state index is 0.255. The van der Waals surface area contributed by atoms with Gasteiger partial charge < -0.3 is 5.32 Å². The summed E-state index contributed by atoms with van der Waals surface area (Å²) < 4.78 is 0. The van der Waals surface area contributed by atoms with Crippen molar-refractivity contribution in [1.82, 2.24) is 10.2 Å². The molecule has 2 fully saturated rings. The highest BCUT2D eigenvalue weighted by Gasteiger charge is 2.33. The van der Waals surface area contributed by atoms with Gasteiger partial charge in [0.15, 0.2) is 0 Å². The fraction of sp³-hybridized carbons (Fsp3) is 0.667. The van der Waals surface area contributed by atoms with Gasteiger partial charge in [-0.3, -0.25) is 4.90 Å². The average molecular weight is 272 g/mol. The Morgan fingerprint density at radius 1 is 1.15 bits per heavy atom. The first-order chi connectivity index (χ1) is 9.52. The van der Waals surface area contributed by atoms with Gasteiger partial charge in [0.1, 0.15) is 0 Å². The van der Waals surface area contributed by atoms with E-state index in [2.05, 4.69) is 55.3 Å². The van der Waals surface area contributed by atoms with E-state index in [4.69, 9.17) is 0 Å². The summed E-state index contributed by atoms with van der Waals surface area (Å²) in [4.78, 5) is 2.62. The number of nitrogens with zero attached hydrogens (tertiary/aromatic N) is 1. The van der Waals surface area contributed by atoms with Crippen molar-refractivity contribution in [3.8, 4) is 0 Å². The summed E-state index contributed by atoms with van der Waals surface area (Å²) in [6.07, 6.45) is 2.87. The zero-order valence-electron chi connectivity index (χ0n) is 13.2. The predicted molar refractivity (Wildman–Crippen MR) is 84.9 cm³/mol. The van der Waals surface area contributed by atoms with E-state index < -0.39 is 0 Å². The minimum Gasteiger partial charge on any atom is -0.311 e. The van der Waals surface area contributed by atoms with Crippen molar-refractivity contribution >= 4 is 0 Å². The van der Waals surface area contributed by atoms with Gasteiger partial charge in [0.05, 0.1) is 0 Å². The molecule has 0 radical (unpaired) electrons. The minimum absolute atomic E-state index is 0.255. The molecule has 1 aliphatic heterocycles. The maximum atomic E-state index is 3.68. The second-order valence-corrected chi connectivity index (χ2v) is 7.58. The molecule has 0 amide bonds. The Labute approximate surface area is 123 Å². The highest BCUT2D eigenvalue weighted by Crippen LogP contribution is 2.33. The number of benzene rings is 1. The molecule has 110 valence electrons. The van der Waals surface area contributed by atoms with Crippen LogP contribution in [0.15, 0.2) is 24.3 Å². The van der Waals surface area contributed by atoms with E-state index in [-0.39, 0.29) is 5.41 Å². The van der Waals surface area contributed by atoms with Crippen LogP contribution in [-0.4, -0.2) is 30.6 Å². The Morgan fingerprint density at radius 2 is 1.85 bits per heavy atom. The standard InChI is InChI=1S/C18H28N2/c1-18(2,3)16-8-4-14(5-9-16)12-20-11-10-19-17(13-20)15-6-7-15/h4-5,8-9,15,17,19H,6-7,10-13H2,1-3H3. The Balaban J connectivity index is 1.59. The number of hydrogen-bond donors (Lipinski definition) is 1. The normalized spacial score (nSPS) is 24.9. The Kier molecular flexibility index (Phi) is 3.87. The summed E-state index contributed by atoms with van der Waals surface area (Å²) in [5, 5.41) is 3.68. The lowest BCUT2D eigenvalue weighted by Gasteiger charge is -2.34. The smallest absolute Gasteiger partial charge is 0.0234 e. The first-order valence-corrected chi connectivity index (χ1v) is 8.07. The van der Waals surface area contributed by atoms with Crippen LogP contribution in [0.25, 0.3) is 0 Å². The summed E-state index contributed by atoms with van der Waals surface area (Å²) in [5.74, 6) is 0.959. The molecule has 1 aliphatic carbocycles. The Morgan fingerprint density at radius 3 is 2.45 bits per heavy atom. The number of hydrogen-bond acceptors (Lipinski definition) is 2. The van der Waals surface area contributed by atoms with Crippen molar-refractivity contribution < 1.29 is 0 Å². The van der Waals surface area contributed by atoms with Crippen molar-refractivity contribution in [2.24, 2.45) is 5.92 Å². The van der Waals surface area contributed by atoms with E-state index in [9.17, 15) is 0 Å². The van der Waals surface area contributed by atoms with E-state index in [1.165, 1.54) is 37.1 Å². The molecule has 2 nitrogen and oxygen atoms in total. The van der Waals surface area contributed by atoms with E-state index in [0.29, 0.717) is 0 Å². The molecule has 0 spiro atoms. The maximum Gasteiger partial charge on any atom is 0.0234 e. The molecule has 1 saturated heterocycles. The van der Waals surface area contributed by atoms with Gasteiger partial charge in [-0.15, -0.1) is 0 Å². The zero-order chi connectivity index (χ0) is 14.2. The molecule has 0 aromatic heterocycles. The van der Waals surface area contributed by atoms with Crippen molar-refractivity contribution in [3.05, 3.63) is 35.4 Å². The van der Waals surface area contributed by atoms with E-state index in [0.717, 1.165) is 25.0 Å². The molecule has 3 rings (SSSR count). The molecule has 1 atom stereocenters. The molecule has 1 aromatic carbocycles. The lowest BCUT2D eigenvalue weighted by atomic mass is 9.87. The third kappa shape index (κ3) is 3.42. The third-order valence-corrected chi connectivity index (χ3v) is 4.71. The average Bonchev–Trinajstić information content (AvgIpc) is 3.23. The molecule has 1 aromatic rings. The van der Waals surface area contributed by atoms with Crippen LogP contribution in [0, 0.1) is 5.92 Å². The summed E-state index contributed by atoms with van der Waals surface area (Å²) in [5.41, 5.74) is 3.14. The van der Waals surface area contributed by atoms with Gasteiger partial charge in [-0.05, 0) is 35.3 Å². The van der Waals surface area contributed by atoms with Gasteiger partial charge in [0, 0.05) is 32.2 Å². The molecule has 20 heavy (non-hydrogen) atoms. The molecule has 1 heterocycles. The maximum absolute atomic E-state index is 3.68. The second kappa shape index (κ2) is 5.50. The van der Waals surface area contributed by atoms with Crippen LogP contribution >= 0.6 is 0 Å². The largest absolute Gasteiger partial charge is 0.311 e. The Hall–Kier alpha value is -0.860. The van der Waals surface area contributed by atoms with Gasteiger partial charge in [-0.1, -0.05) is 45.0 Å². The molecule has 1 unspecified atom stereocenters. The first kappa shape index (κ1) is 14.1. The summed E-state index contributed by atoms with van der Waals surface area (Å²) in [6.45, 7) is 11.5. The Bertz CT molecular complexity index is 439. The van der Waals surface area contributed by atoms with Crippen LogP contribution in [0.2, 0.25) is 0 Å². The van der Waals surface area contributed by atoms with Crippen molar-refractivity contribution in [2.45, 2.75) is 51.6 Å². The first-order valence-electron chi connectivity index (χ1n) is 8.07. The van der Waals surface area contributed by atoms with Gasteiger partial charge in [0.2, 0.25) is 0 Å². The van der Waals surface area contributed by atoms with Crippen LogP contribution in [0.1, 0.15) is 44.7 Å². The lowest BCUT2D eigenvalue weighted by molar-refractivity contribution is 0.181. The molecule has 1 N–H and O–H groups in total. The quantitative estimate of drug-likeness (QED) is 0.909. The van der Waals surface area contributed by atoms with Crippen molar-refractivity contribution in [2.75, 3.05) is 19.6 Å². The molecular formula is C18H28N2. The van der Waals surface area contributed by atoms with Crippen LogP contribution in [0.3, 0.4) is 0 Å². The fourth-order valence-corrected chi connectivity index (χ4v) is 3.17. The van der Waals surface area contributed by atoms with Crippen molar-refractivity contribution in [1.29, 1.82) is 0 Å². The molecule has 2 heteroatoms. The highest BCUT2D eigenvalue weighted by molar-refractivity contribution is 5.27. The van der Waals surface area contributed by atoms with E-state index >= 15 is 0 Å². The van der Waals surface area contributed by atoms with E-state index in [1.54, 1.807) is 0 Å². The number of piperazine rings is 1. The van der Waals surface area contributed by atoms with Crippen LogP contribution in [-0.2, 0) is 12.0 Å². The van der Waals surface area contributed by atoms with E-state index in [1.807, 2.05) is 0 Å². The van der Waals surface area contributed by atoms with Gasteiger partial charge in [-0.25, -0.2) is 0 Å². The second-order valence-electron chi connectivity index (χ2n) is 7.58. The zero-order valence-corrected chi connectivity index (χ0v) is 13.2. The van der Waals surface area contributed by atoms with Gasteiger partial charge >= 0.3 is 0 Å². The van der Waals surface area contributed by atoms with Crippen LogP contribution < -0.4 is 5.32 Å². The molecule has 1 saturated carbocycles. The van der Waals surface area contributed by atoms with Crippen molar-refractivity contribution in [3.63, 3.8) is 0 Å². The summed E-state index contributed by atoms with van der Waals surface area (Å²) in [6, 6.07) is 9.98. The topological polar surface area (TPSA) is 15.3 Å². The fourth-order valence-electron chi connectivity index (χ4n) is 3.17. The number of rotatable bonds is 3. The van der Waals surface area contributed by atoms with Crippen LogP contribution in [0.4, 0.5) is 0 Å². The summed E-state index contributed by atoms with van der Waals surface area (Å²) >= 11 is 0. The predicted octanol–water partition coefficient (Wildman–Crippen LogP) is 3.17. The molecule has 0 bridgehead atoms. The van der Waals surface area contributed by atoms with Gasteiger partial charge in [0.25, 0.3) is 0 Å². The molecule has 2 aliphatic rings. The van der Waals surface area contributed by atoms with Crippen LogP contribution in [0.5, 0.6) is 0 Å². The summed E-state index contributed by atoms with van der Waals surface area (Å²) in [7, 11) is 0. The lowest BCUT2D eigenvalue weighted by Crippen LogP contribution is -2.51. The third-order valence-electron chi connectivity index (χ3n) is 4.71. The SMILES string of the molecule is CC(C)(C)c1ccc(CN2CCNC(C3CC3)C2)cc1.